The van der Waals surface area contributed by atoms with Gasteiger partial charge in [0.05, 0.1) is 5.92 Å². The van der Waals surface area contributed by atoms with Crippen LogP contribution in [-0.4, -0.2) is 49.4 Å². The average molecular weight is 394 g/mol. The Morgan fingerprint density at radius 2 is 2.17 bits per heavy atom. The number of piperidine rings is 1. The number of hydrogen-bond acceptors (Lipinski definition) is 3. The Kier molecular flexibility index (Phi) is 5.56. The van der Waals surface area contributed by atoms with E-state index in [4.69, 9.17) is 0 Å². The zero-order valence-electron chi connectivity index (χ0n) is 14.0. The first-order valence-electron chi connectivity index (χ1n) is 8.58. The molecule has 6 heteroatoms. The topological polar surface area (TPSA) is 61.4 Å². The lowest BCUT2D eigenvalue weighted by atomic mass is 9.95. The van der Waals surface area contributed by atoms with Crippen molar-refractivity contribution in [1.29, 1.82) is 0 Å². The number of aryl methyl sites for hydroxylation is 1. The van der Waals surface area contributed by atoms with Crippen LogP contribution >= 0.6 is 15.9 Å². The molecule has 2 aliphatic rings. The Hall–Kier alpha value is -1.40. The molecule has 0 aromatic heterocycles. The fourth-order valence-corrected chi connectivity index (χ4v) is 3.77. The summed E-state index contributed by atoms with van der Waals surface area (Å²) < 4.78 is 0.970. The Balaban J connectivity index is 1.59. The van der Waals surface area contributed by atoms with Gasteiger partial charge in [0, 0.05) is 48.7 Å². The Bertz CT molecular complexity index is 631. The SMILES string of the molecule is Cc1cc(Br)ccc1C(=O)N1CCCC(C(=O)NCC2CNC2)C1. The van der Waals surface area contributed by atoms with Crippen LogP contribution in [0.2, 0.25) is 0 Å². The van der Waals surface area contributed by atoms with Crippen LogP contribution in [0.3, 0.4) is 0 Å². The summed E-state index contributed by atoms with van der Waals surface area (Å²) in [6, 6.07) is 5.70. The number of amides is 2. The molecule has 2 amide bonds. The third-order valence-corrected chi connectivity index (χ3v) is 5.42. The summed E-state index contributed by atoms with van der Waals surface area (Å²) in [5, 5.41) is 6.26. The molecule has 3 rings (SSSR count). The summed E-state index contributed by atoms with van der Waals surface area (Å²) >= 11 is 3.43. The molecule has 0 spiro atoms. The average Bonchev–Trinajstić information content (AvgIpc) is 2.53. The van der Waals surface area contributed by atoms with Crippen molar-refractivity contribution in [2.45, 2.75) is 19.8 Å². The maximum atomic E-state index is 12.8. The number of likely N-dealkylation sites (tertiary alicyclic amines) is 1. The van der Waals surface area contributed by atoms with Crippen LogP contribution in [0.5, 0.6) is 0 Å². The van der Waals surface area contributed by atoms with Gasteiger partial charge in [-0.2, -0.15) is 0 Å². The van der Waals surface area contributed by atoms with Gasteiger partial charge in [-0.3, -0.25) is 9.59 Å². The van der Waals surface area contributed by atoms with Crippen molar-refractivity contribution in [2.75, 3.05) is 32.7 Å². The summed E-state index contributed by atoms with van der Waals surface area (Å²) in [5.74, 6) is 0.583. The van der Waals surface area contributed by atoms with Crippen molar-refractivity contribution in [3.8, 4) is 0 Å². The maximum Gasteiger partial charge on any atom is 0.254 e. The summed E-state index contributed by atoms with van der Waals surface area (Å²) in [6.07, 6.45) is 1.74. The van der Waals surface area contributed by atoms with Crippen molar-refractivity contribution in [2.24, 2.45) is 11.8 Å². The van der Waals surface area contributed by atoms with Gasteiger partial charge in [0.2, 0.25) is 5.91 Å². The first kappa shape index (κ1) is 17.4. The van der Waals surface area contributed by atoms with E-state index in [9.17, 15) is 9.59 Å². The summed E-state index contributed by atoms with van der Waals surface area (Å²) in [7, 11) is 0. The second kappa shape index (κ2) is 7.66. The Morgan fingerprint density at radius 3 is 2.83 bits per heavy atom. The molecule has 1 aromatic carbocycles. The highest BCUT2D eigenvalue weighted by Gasteiger charge is 2.30. The lowest BCUT2D eigenvalue weighted by Crippen LogP contribution is -2.51. The van der Waals surface area contributed by atoms with Gasteiger partial charge in [0.15, 0.2) is 0 Å². The normalized spacial score (nSPS) is 21.2. The van der Waals surface area contributed by atoms with Crippen LogP contribution < -0.4 is 10.6 Å². The smallest absolute Gasteiger partial charge is 0.254 e. The fourth-order valence-electron chi connectivity index (χ4n) is 3.30. The van der Waals surface area contributed by atoms with E-state index in [0.717, 1.165) is 54.6 Å². The molecule has 5 nitrogen and oxygen atoms in total. The molecule has 1 unspecified atom stereocenters. The molecule has 24 heavy (non-hydrogen) atoms. The van der Waals surface area contributed by atoms with E-state index in [1.807, 2.05) is 30.0 Å². The number of nitrogens with zero attached hydrogens (tertiary/aromatic N) is 1. The highest BCUT2D eigenvalue weighted by molar-refractivity contribution is 9.10. The molecule has 2 N–H and O–H groups in total. The van der Waals surface area contributed by atoms with E-state index in [-0.39, 0.29) is 17.7 Å². The van der Waals surface area contributed by atoms with Gasteiger partial charge in [-0.05, 0) is 43.5 Å². The maximum absolute atomic E-state index is 12.8. The van der Waals surface area contributed by atoms with Crippen molar-refractivity contribution in [3.63, 3.8) is 0 Å². The van der Waals surface area contributed by atoms with E-state index < -0.39 is 0 Å². The predicted octanol–water partition coefficient (Wildman–Crippen LogP) is 1.95. The molecule has 130 valence electrons. The van der Waals surface area contributed by atoms with Crippen LogP contribution in [0.1, 0.15) is 28.8 Å². The van der Waals surface area contributed by atoms with Crippen LogP contribution in [-0.2, 0) is 4.79 Å². The molecule has 0 bridgehead atoms. The molecular formula is C18H24BrN3O2. The lowest BCUT2D eigenvalue weighted by Gasteiger charge is -2.33. The summed E-state index contributed by atoms with van der Waals surface area (Å²) in [4.78, 5) is 27.0. The van der Waals surface area contributed by atoms with Crippen molar-refractivity contribution in [3.05, 3.63) is 33.8 Å². The number of rotatable bonds is 4. The van der Waals surface area contributed by atoms with Crippen molar-refractivity contribution < 1.29 is 9.59 Å². The van der Waals surface area contributed by atoms with Crippen LogP contribution in [0.25, 0.3) is 0 Å². The van der Waals surface area contributed by atoms with Gasteiger partial charge in [0.25, 0.3) is 5.91 Å². The number of nitrogens with one attached hydrogen (secondary N) is 2. The second-order valence-electron chi connectivity index (χ2n) is 6.82. The first-order valence-corrected chi connectivity index (χ1v) is 9.37. The van der Waals surface area contributed by atoms with E-state index in [0.29, 0.717) is 12.5 Å². The molecule has 0 aliphatic carbocycles. The highest BCUT2D eigenvalue weighted by Crippen LogP contribution is 2.22. The number of halogens is 1. The van der Waals surface area contributed by atoms with Crippen molar-refractivity contribution in [1.82, 2.24) is 15.5 Å². The second-order valence-corrected chi connectivity index (χ2v) is 7.73. The molecule has 2 saturated heterocycles. The van der Waals surface area contributed by atoms with Crippen LogP contribution in [0, 0.1) is 18.8 Å². The van der Waals surface area contributed by atoms with Gasteiger partial charge in [-0.25, -0.2) is 0 Å². The van der Waals surface area contributed by atoms with E-state index in [1.165, 1.54) is 0 Å². The van der Waals surface area contributed by atoms with E-state index in [1.54, 1.807) is 0 Å². The Morgan fingerprint density at radius 1 is 1.38 bits per heavy atom. The molecule has 2 heterocycles. The third-order valence-electron chi connectivity index (χ3n) is 4.93. The van der Waals surface area contributed by atoms with E-state index >= 15 is 0 Å². The number of benzene rings is 1. The van der Waals surface area contributed by atoms with Crippen molar-refractivity contribution >= 4 is 27.7 Å². The minimum Gasteiger partial charge on any atom is -0.355 e. The largest absolute Gasteiger partial charge is 0.355 e. The molecule has 0 radical (unpaired) electrons. The lowest BCUT2D eigenvalue weighted by molar-refractivity contribution is -0.126. The predicted molar refractivity (Wildman–Crippen MR) is 96.9 cm³/mol. The van der Waals surface area contributed by atoms with Gasteiger partial charge in [0.1, 0.15) is 0 Å². The highest BCUT2D eigenvalue weighted by atomic mass is 79.9. The molecule has 1 aromatic rings. The van der Waals surface area contributed by atoms with E-state index in [2.05, 4.69) is 26.6 Å². The van der Waals surface area contributed by atoms with Crippen LogP contribution in [0.4, 0.5) is 0 Å². The Labute approximate surface area is 151 Å². The summed E-state index contributed by atoms with van der Waals surface area (Å²) in [5.41, 5.74) is 1.68. The number of carbonyl (C=O) groups is 2. The number of hydrogen-bond donors (Lipinski definition) is 2. The van der Waals surface area contributed by atoms with Gasteiger partial charge < -0.3 is 15.5 Å². The van der Waals surface area contributed by atoms with Gasteiger partial charge >= 0.3 is 0 Å². The molecule has 0 saturated carbocycles. The quantitative estimate of drug-likeness (QED) is 0.821. The van der Waals surface area contributed by atoms with Crippen LogP contribution in [0.15, 0.2) is 22.7 Å². The zero-order valence-corrected chi connectivity index (χ0v) is 15.6. The number of carbonyl (C=O) groups excluding carboxylic acids is 2. The third kappa shape index (κ3) is 3.98. The molecular weight excluding hydrogens is 370 g/mol. The van der Waals surface area contributed by atoms with Gasteiger partial charge in [-0.1, -0.05) is 15.9 Å². The van der Waals surface area contributed by atoms with Gasteiger partial charge in [-0.15, -0.1) is 0 Å². The molecule has 2 fully saturated rings. The minimum absolute atomic E-state index is 0.0284. The molecule has 2 aliphatic heterocycles. The first-order chi connectivity index (χ1) is 11.5. The zero-order chi connectivity index (χ0) is 17.1. The molecule has 1 atom stereocenters. The fraction of sp³-hybridized carbons (Fsp3) is 0.556. The minimum atomic E-state index is -0.0912. The summed E-state index contributed by atoms with van der Waals surface area (Å²) in [6.45, 7) is 5.89. The standard InChI is InChI=1S/C18H24BrN3O2/c1-12-7-15(19)4-5-16(12)18(24)22-6-2-3-14(11-22)17(23)21-10-13-8-20-9-13/h4-5,7,13-14,20H,2-3,6,8-11H2,1H3,(H,21,23). The monoisotopic (exact) mass is 393 g/mol.